The van der Waals surface area contributed by atoms with Gasteiger partial charge in [0.05, 0.1) is 10.9 Å². The van der Waals surface area contributed by atoms with E-state index < -0.39 is 10.0 Å². The fourth-order valence-corrected chi connectivity index (χ4v) is 4.46. The van der Waals surface area contributed by atoms with Gasteiger partial charge in [0, 0.05) is 10.2 Å². The molecule has 3 aromatic carbocycles. The number of rotatable bonds is 8. The van der Waals surface area contributed by atoms with Crippen LogP contribution in [0, 0.1) is 13.8 Å². The summed E-state index contributed by atoms with van der Waals surface area (Å²) in [4.78, 5) is 12.4. The molecule has 6 nitrogen and oxygen atoms in total. The lowest BCUT2D eigenvalue weighted by atomic mass is 10.1. The van der Waals surface area contributed by atoms with Crippen LogP contribution in [0.1, 0.15) is 29.7 Å². The van der Waals surface area contributed by atoms with Crippen molar-refractivity contribution in [2.45, 2.75) is 31.7 Å². The van der Waals surface area contributed by atoms with E-state index in [1.807, 2.05) is 50.2 Å². The van der Waals surface area contributed by atoms with Gasteiger partial charge in [0.1, 0.15) is 5.75 Å². The average Bonchev–Trinajstić information content (AvgIpc) is 2.74. The molecule has 32 heavy (non-hydrogen) atoms. The van der Waals surface area contributed by atoms with Crippen molar-refractivity contribution in [1.29, 1.82) is 0 Å². The Morgan fingerprint density at radius 2 is 1.66 bits per heavy atom. The molecule has 0 aromatic heterocycles. The van der Waals surface area contributed by atoms with Gasteiger partial charge in [-0.1, -0.05) is 45.8 Å². The molecule has 168 valence electrons. The van der Waals surface area contributed by atoms with Crippen LogP contribution < -0.4 is 14.8 Å². The zero-order chi connectivity index (χ0) is 23.3. The monoisotopic (exact) mass is 516 g/mol. The highest BCUT2D eigenvalue weighted by Gasteiger charge is 2.17. The van der Waals surface area contributed by atoms with Crippen molar-refractivity contribution in [3.8, 4) is 5.75 Å². The zero-order valence-corrected chi connectivity index (χ0v) is 20.5. The first-order valence-electron chi connectivity index (χ1n) is 10.0. The minimum absolute atomic E-state index is 0.122. The van der Waals surface area contributed by atoms with E-state index in [2.05, 4.69) is 26.0 Å². The Labute approximate surface area is 197 Å². The second kappa shape index (κ2) is 10.2. The Hall–Kier alpha value is -2.84. The summed E-state index contributed by atoms with van der Waals surface area (Å²) in [5.74, 6) is 0.184. The first-order valence-corrected chi connectivity index (χ1v) is 12.3. The highest BCUT2D eigenvalue weighted by molar-refractivity contribution is 9.10. The normalized spacial score (nSPS) is 12.1. The van der Waals surface area contributed by atoms with Crippen molar-refractivity contribution in [3.05, 3.63) is 87.9 Å². The molecular formula is C24H25BrN2O4S. The third kappa shape index (κ3) is 6.34. The Bertz CT molecular complexity index is 1190. The molecule has 8 heteroatoms. The fraction of sp³-hybridized carbons (Fsp3) is 0.208. The molecule has 0 fully saturated rings. The van der Waals surface area contributed by atoms with Crippen molar-refractivity contribution in [3.63, 3.8) is 0 Å². The lowest BCUT2D eigenvalue weighted by Crippen LogP contribution is -2.31. The molecule has 0 unspecified atom stereocenters. The first-order chi connectivity index (χ1) is 15.1. The van der Waals surface area contributed by atoms with Crippen molar-refractivity contribution < 1.29 is 17.9 Å². The molecule has 3 aromatic rings. The van der Waals surface area contributed by atoms with Crippen molar-refractivity contribution in [1.82, 2.24) is 5.32 Å². The maximum absolute atomic E-state index is 12.7. The van der Waals surface area contributed by atoms with Crippen LogP contribution in [-0.4, -0.2) is 20.9 Å². The molecule has 1 atom stereocenters. The van der Waals surface area contributed by atoms with Gasteiger partial charge < -0.3 is 10.1 Å². The molecule has 0 radical (unpaired) electrons. The first kappa shape index (κ1) is 23.8. The number of ether oxygens (including phenoxy) is 1. The van der Waals surface area contributed by atoms with Crippen molar-refractivity contribution >= 4 is 37.5 Å². The average molecular weight is 517 g/mol. The van der Waals surface area contributed by atoms with E-state index in [1.165, 1.54) is 12.1 Å². The van der Waals surface area contributed by atoms with Gasteiger partial charge in [-0.3, -0.25) is 9.52 Å². The van der Waals surface area contributed by atoms with Crippen LogP contribution >= 0.6 is 15.9 Å². The van der Waals surface area contributed by atoms with E-state index in [4.69, 9.17) is 4.74 Å². The topological polar surface area (TPSA) is 84.5 Å². The van der Waals surface area contributed by atoms with Crippen LogP contribution in [0.5, 0.6) is 5.75 Å². The molecule has 2 N–H and O–H groups in total. The van der Waals surface area contributed by atoms with Gasteiger partial charge in [-0.25, -0.2) is 8.42 Å². The number of carbonyl (C=O) groups excluding carboxylic acids is 1. The van der Waals surface area contributed by atoms with Gasteiger partial charge in [-0.2, -0.15) is 0 Å². The van der Waals surface area contributed by atoms with E-state index in [1.54, 1.807) is 25.1 Å². The van der Waals surface area contributed by atoms with Gasteiger partial charge in [-0.05, 0) is 74.4 Å². The predicted molar refractivity (Wildman–Crippen MR) is 129 cm³/mol. The molecule has 1 amide bonds. The number of nitrogens with one attached hydrogen (secondary N) is 2. The van der Waals surface area contributed by atoms with E-state index >= 15 is 0 Å². The summed E-state index contributed by atoms with van der Waals surface area (Å²) in [6, 6.07) is 19.2. The minimum Gasteiger partial charge on any atom is -0.484 e. The Balaban J connectivity index is 1.60. The molecule has 0 spiro atoms. The Morgan fingerprint density at radius 3 is 2.28 bits per heavy atom. The third-order valence-electron chi connectivity index (χ3n) is 4.87. The maximum Gasteiger partial charge on any atom is 0.261 e. The molecule has 0 aliphatic carbocycles. The molecular weight excluding hydrogens is 492 g/mol. The predicted octanol–water partition coefficient (Wildman–Crippen LogP) is 5.12. The van der Waals surface area contributed by atoms with E-state index in [-0.39, 0.29) is 23.5 Å². The van der Waals surface area contributed by atoms with Gasteiger partial charge in [0.2, 0.25) is 0 Å². The van der Waals surface area contributed by atoms with Crippen LogP contribution in [0.2, 0.25) is 0 Å². The number of hydrogen-bond acceptors (Lipinski definition) is 4. The van der Waals surface area contributed by atoms with E-state index in [9.17, 15) is 13.2 Å². The largest absolute Gasteiger partial charge is 0.484 e. The Kier molecular flexibility index (Phi) is 7.58. The molecule has 0 heterocycles. The third-order valence-corrected chi connectivity index (χ3v) is 6.77. The number of amides is 1. The molecule has 0 saturated carbocycles. The molecule has 0 aliphatic rings. The maximum atomic E-state index is 12.7. The van der Waals surface area contributed by atoms with E-state index in [0.717, 1.165) is 15.6 Å². The molecule has 0 bridgehead atoms. The molecule has 3 rings (SSSR count). The van der Waals surface area contributed by atoms with Crippen molar-refractivity contribution in [2.24, 2.45) is 0 Å². The van der Waals surface area contributed by atoms with Crippen LogP contribution in [0.15, 0.2) is 76.1 Å². The summed E-state index contributed by atoms with van der Waals surface area (Å²) >= 11 is 3.39. The number of carbonyl (C=O) groups is 1. The molecule has 0 saturated heterocycles. The summed E-state index contributed by atoms with van der Waals surface area (Å²) in [6.45, 7) is 5.40. The summed E-state index contributed by atoms with van der Waals surface area (Å²) in [5, 5.41) is 2.89. The Morgan fingerprint density at radius 1 is 1.00 bits per heavy atom. The highest BCUT2D eigenvalue weighted by atomic mass is 79.9. The number of hydrogen-bond donors (Lipinski definition) is 2. The van der Waals surface area contributed by atoms with Gasteiger partial charge in [0.15, 0.2) is 6.61 Å². The van der Waals surface area contributed by atoms with E-state index in [0.29, 0.717) is 17.0 Å². The van der Waals surface area contributed by atoms with Crippen molar-refractivity contribution in [2.75, 3.05) is 11.3 Å². The quantitative estimate of drug-likeness (QED) is 0.434. The number of benzene rings is 3. The van der Waals surface area contributed by atoms with Crippen LogP contribution in [-0.2, 0) is 14.8 Å². The number of sulfonamides is 1. The molecule has 0 aliphatic heterocycles. The summed E-state index contributed by atoms with van der Waals surface area (Å²) in [6.07, 6.45) is 0. The SMILES string of the molecule is Cc1ccc(NS(=O)(=O)c2ccc(OCC(=O)N[C@H](C)c3ccc(Br)cc3)c(C)c2)cc1. The lowest BCUT2D eigenvalue weighted by Gasteiger charge is -2.16. The van der Waals surface area contributed by atoms with Gasteiger partial charge in [-0.15, -0.1) is 0 Å². The number of halogens is 1. The summed E-state index contributed by atoms with van der Waals surface area (Å²) < 4.78 is 34.5. The lowest BCUT2D eigenvalue weighted by molar-refractivity contribution is -0.123. The fourth-order valence-electron chi connectivity index (χ4n) is 3.05. The second-order valence-corrected chi connectivity index (χ2v) is 10.1. The van der Waals surface area contributed by atoms with Crippen LogP contribution in [0.25, 0.3) is 0 Å². The van der Waals surface area contributed by atoms with Crippen LogP contribution in [0.4, 0.5) is 5.69 Å². The summed E-state index contributed by atoms with van der Waals surface area (Å²) in [5.41, 5.74) is 3.13. The second-order valence-electron chi connectivity index (χ2n) is 7.53. The van der Waals surface area contributed by atoms with Gasteiger partial charge >= 0.3 is 0 Å². The standard InChI is InChI=1S/C24H25BrN2O4S/c1-16-4-10-21(11-5-16)27-32(29,30)22-12-13-23(17(2)14-22)31-15-24(28)26-18(3)19-6-8-20(25)9-7-19/h4-14,18,27H,15H2,1-3H3,(H,26,28)/t18-/m1/s1. The van der Waals surface area contributed by atoms with Crippen LogP contribution in [0.3, 0.4) is 0 Å². The summed E-state index contributed by atoms with van der Waals surface area (Å²) in [7, 11) is -3.73. The minimum atomic E-state index is -3.73. The number of aryl methyl sites for hydroxylation is 2. The van der Waals surface area contributed by atoms with Gasteiger partial charge in [0.25, 0.3) is 15.9 Å². The highest BCUT2D eigenvalue weighted by Crippen LogP contribution is 2.24. The smallest absolute Gasteiger partial charge is 0.261 e. The number of anilines is 1. The zero-order valence-electron chi connectivity index (χ0n) is 18.1.